The highest BCUT2D eigenvalue weighted by Gasteiger charge is 2.25. The molecule has 1 rings (SSSR count). The highest BCUT2D eigenvalue weighted by molar-refractivity contribution is 7.08. The minimum Gasteiger partial charge on any atom is -0.351 e. The Morgan fingerprint density at radius 3 is 2.78 bits per heavy atom. The first-order valence-corrected chi connectivity index (χ1v) is 6.72. The van der Waals surface area contributed by atoms with E-state index in [9.17, 15) is 4.79 Å². The van der Waals surface area contributed by atoms with Gasteiger partial charge in [-0.25, -0.2) is 0 Å². The zero-order chi connectivity index (χ0) is 13.6. The van der Waals surface area contributed by atoms with Gasteiger partial charge in [-0.05, 0) is 24.4 Å². The number of rotatable bonds is 5. The molecule has 0 saturated heterocycles. The van der Waals surface area contributed by atoms with Gasteiger partial charge in [0.05, 0.1) is 11.8 Å². The van der Waals surface area contributed by atoms with E-state index in [0.29, 0.717) is 17.8 Å². The number of amides is 1. The first-order chi connectivity index (χ1) is 8.46. The summed E-state index contributed by atoms with van der Waals surface area (Å²) in [5.41, 5.74) is 0.558. The third kappa shape index (κ3) is 4.08. The first kappa shape index (κ1) is 14.6. The molecule has 0 aliphatic heterocycles. The number of carbonyl (C=O) groups excluding carboxylic acids is 1. The number of hydrogen-bond donors (Lipinski definition) is 1. The molecule has 0 radical (unpaired) electrons. The van der Waals surface area contributed by atoms with Crippen LogP contribution in [0.15, 0.2) is 0 Å². The molecule has 0 saturated carbocycles. The average molecular weight is 266 g/mol. The quantitative estimate of drug-likeness (QED) is 0.829. The standard InChI is InChI=1S/C12H18N4OS/c1-12(2,3)10-9(18-16-15-10)11(17)14-8-6-4-5-7-13/h4-6,8H2,1-3H3,(H,14,17). The summed E-state index contributed by atoms with van der Waals surface area (Å²) in [4.78, 5) is 12.5. The number of unbranched alkanes of at least 4 members (excludes halogenated alkanes) is 2. The van der Waals surface area contributed by atoms with E-state index in [0.717, 1.165) is 30.1 Å². The van der Waals surface area contributed by atoms with E-state index in [1.165, 1.54) is 0 Å². The van der Waals surface area contributed by atoms with Crippen molar-refractivity contribution >= 4 is 17.4 Å². The van der Waals surface area contributed by atoms with Gasteiger partial charge in [-0.2, -0.15) is 5.26 Å². The van der Waals surface area contributed by atoms with Gasteiger partial charge in [0.1, 0.15) is 4.88 Å². The molecule has 1 amide bonds. The van der Waals surface area contributed by atoms with Crippen LogP contribution < -0.4 is 5.32 Å². The molecule has 0 unspecified atom stereocenters. The van der Waals surface area contributed by atoms with E-state index >= 15 is 0 Å². The monoisotopic (exact) mass is 266 g/mol. The zero-order valence-corrected chi connectivity index (χ0v) is 11.8. The number of nitrogens with one attached hydrogen (secondary N) is 1. The Bertz CT molecular complexity index is 442. The maximum atomic E-state index is 12.0. The maximum absolute atomic E-state index is 12.0. The van der Waals surface area contributed by atoms with Crippen LogP contribution in [0, 0.1) is 11.3 Å². The predicted molar refractivity (Wildman–Crippen MR) is 70.4 cm³/mol. The van der Waals surface area contributed by atoms with Gasteiger partial charge in [0, 0.05) is 18.4 Å². The molecular weight excluding hydrogens is 248 g/mol. The summed E-state index contributed by atoms with van der Waals surface area (Å²) in [7, 11) is 0. The van der Waals surface area contributed by atoms with Gasteiger partial charge in [0.2, 0.25) is 0 Å². The van der Waals surface area contributed by atoms with Crippen molar-refractivity contribution in [2.45, 2.75) is 45.4 Å². The average Bonchev–Trinajstić information content (AvgIpc) is 2.77. The molecule has 5 nitrogen and oxygen atoms in total. The topological polar surface area (TPSA) is 78.7 Å². The number of aromatic nitrogens is 2. The Hall–Kier alpha value is -1.48. The number of carbonyl (C=O) groups is 1. The molecule has 18 heavy (non-hydrogen) atoms. The van der Waals surface area contributed by atoms with Gasteiger partial charge in [-0.15, -0.1) is 5.10 Å². The molecule has 0 aromatic carbocycles. The summed E-state index contributed by atoms with van der Waals surface area (Å²) in [6.45, 7) is 6.61. The highest BCUT2D eigenvalue weighted by atomic mass is 32.1. The van der Waals surface area contributed by atoms with Gasteiger partial charge >= 0.3 is 0 Å². The Labute approximate surface area is 111 Å². The zero-order valence-electron chi connectivity index (χ0n) is 11.0. The number of nitriles is 1. The summed E-state index contributed by atoms with van der Waals surface area (Å²) < 4.78 is 3.86. The van der Waals surface area contributed by atoms with E-state index in [1.807, 2.05) is 20.8 Å². The van der Waals surface area contributed by atoms with Crippen molar-refractivity contribution in [1.29, 1.82) is 5.26 Å². The molecule has 0 aliphatic rings. The Morgan fingerprint density at radius 2 is 2.17 bits per heavy atom. The molecule has 0 aliphatic carbocycles. The minimum atomic E-state index is -0.180. The summed E-state index contributed by atoms with van der Waals surface area (Å²) >= 11 is 1.13. The molecular formula is C12H18N4OS. The SMILES string of the molecule is CC(C)(C)c1nnsc1C(=O)NCCCCC#N. The van der Waals surface area contributed by atoms with Crippen molar-refractivity contribution in [1.82, 2.24) is 14.9 Å². The largest absolute Gasteiger partial charge is 0.351 e. The van der Waals surface area contributed by atoms with Gasteiger partial charge in [0.25, 0.3) is 5.91 Å². The smallest absolute Gasteiger partial charge is 0.264 e. The molecule has 0 atom stereocenters. The molecule has 1 aromatic heterocycles. The van der Waals surface area contributed by atoms with Gasteiger partial charge in [0.15, 0.2) is 0 Å². The van der Waals surface area contributed by atoms with Gasteiger partial charge < -0.3 is 5.32 Å². The van der Waals surface area contributed by atoms with E-state index < -0.39 is 0 Å². The lowest BCUT2D eigenvalue weighted by Crippen LogP contribution is -2.27. The third-order valence-electron chi connectivity index (χ3n) is 2.41. The minimum absolute atomic E-state index is 0.119. The Kier molecular flexibility index (Phi) is 5.23. The Balaban J connectivity index is 2.53. The molecule has 1 heterocycles. The molecule has 0 spiro atoms. The summed E-state index contributed by atoms with van der Waals surface area (Å²) in [6, 6.07) is 2.08. The van der Waals surface area contributed by atoms with E-state index in [1.54, 1.807) is 0 Å². The molecule has 0 fully saturated rings. The molecule has 0 bridgehead atoms. The number of nitrogens with zero attached hydrogens (tertiary/aromatic N) is 3. The fourth-order valence-electron chi connectivity index (χ4n) is 1.44. The van der Waals surface area contributed by atoms with Crippen LogP contribution in [0.5, 0.6) is 0 Å². The van der Waals surface area contributed by atoms with Gasteiger partial charge in [-0.3, -0.25) is 4.79 Å². The lowest BCUT2D eigenvalue weighted by molar-refractivity contribution is 0.0954. The molecule has 1 N–H and O–H groups in total. The third-order valence-corrected chi connectivity index (χ3v) is 3.13. The fourth-order valence-corrected chi connectivity index (χ4v) is 2.23. The van der Waals surface area contributed by atoms with Crippen molar-refractivity contribution in [2.75, 3.05) is 6.54 Å². The van der Waals surface area contributed by atoms with Crippen molar-refractivity contribution in [3.63, 3.8) is 0 Å². The van der Waals surface area contributed by atoms with Crippen LogP contribution in [-0.4, -0.2) is 22.0 Å². The fraction of sp³-hybridized carbons (Fsp3) is 0.667. The molecule has 1 aromatic rings. The number of hydrogen-bond acceptors (Lipinski definition) is 5. The van der Waals surface area contributed by atoms with Crippen LogP contribution in [0.25, 0.3) is 0 Å². The van der Waals surface area contributed by atoms with Crippen LogP contribution in [0.4, 0.5) is 0 Å². The second kappa shape index (κ2) is 6.45. The van der Waals surface area contributed by atoms with Gasteiger partial charge in [-0.1, -0.05) is 25.3 Å². The van der Waals surface area contributed by atoms with E-state index in [2.05, 4.69) is 21.0 Å². The first-order valence-electron chi connectivity index (χ1n) is 5.95. The molecule has 98 valence electrons. The summed E-state index contributed by atoms with van der Waals surface area (Å²) in [6.07, 6.45) is 2.16. The second-order valence-electron chi connectivity index (χ2n) is 5.07. The van der Waals surface area contributed by atoms with E-state index in [4.69, 9.17) is 5.26 Å². The Morgan fingerprint density at radius 1 is 1.44 bits per heavy atom. The van der Waals surface area contributed by atoms with Crippen LogP contribution in [-0.2, 0) is 5.41 Å². The van der Waals surface area contributed by atoms with Crippen molar-refractivity contribution in [3.05, 3.63) is 10.6 Å². The van der Waals surface area contributed by atoms with E-state index in [-0.39, 0.29) is 11.3 Å². The van der Waals surface area contributed by atoms with Crippen molar-refractivity contribution in [2.24, 2.45) is 0 Å². The van der Waals surface area contributed by atoms with Crippen LogP contribution >= 0.6 is 11.5 Å². The second-order valence-corrected chi connectivity index (χ2v) is 5.83. The summed E-state index contributed by atoms with van der Waals surface area (Å²) in [5, 5.41) is 15.3. The van der Waals surface area contributed by atoms with Crippen LogP contribution in [0.1, 0.15) is 55.4 Å². The molecule has 6 heteroatoms. The summed E-state index contributed by atoms with van der Waals surface area (Å²) in [5.74, 6) is -0.119. The maximum Gasteiger partial charge on any atom is 0.264 e. The lowest BCUT2D eigenvalue weighted by Gasteiger charge is -2.16. The predicted octanol–water partition coefficient (Wildman–Crippen LogP) is 2.26. The van der Waals surface area contributed by atoms with Crippen LogP contribution in [0.3, 0.4) is 0 Å². The van der Waals surface area contributed by atoms with Crippen molar-refractivity contribution < 1.29 is 4.79 Å². The lowest BCUT2D eigenvalue weighted by atomic mass is 9.91. The highest BCUT2D eigenvalue weighted by Crippen LogP contribution is 2.25. The normalized spacial score (nSPS) is 11.0. The van der Waals surface area contributed by atoms with Crippen LogP contribution in [0.2, 0.25) is 0 Å². The van der Waals surface area contributed by atoms with Crippen molar-refractivity contribution in [3.8, 4) is 6.07 Å².